The molecule has 2 rings (SSSR count). The van der Waals surface area contributed by atoms with Crippen molar-refractivity contribution < 1.29 is 14.5 Å². The van der Waals surface area contributed by atoms with Crippen LogP contribution in [0.3, 0.4) is 0 Å². The van der Waals surface area contributed by atoms with Crippen molar-refractivity contribution in [1.29, 1.82) is 0 Å². The van der Waals surface area contributed by atoms with E-state index in [0.29, 0.717) is 5.56 Å². The van der Waals surface area contributed by atoms with Crippen molar-refractivity contribution in [2.24, 2.45) is 0 Å². The molecule has 0 aliphatic carbocycles. The first-order valence-corrected chi connectivity index (χ1v) is 7.15. The Balaban J connectivity index is 2.07. The topological polar surface area (TPSA) is 82.3 Å². The van der Waals surface area contributed by atoms with E-state index in [4.69, 9.17) is 4.74 Å². The maximum absolute atomic E-state index is 12.1. The molecule has 0 unspecified atom stereocenters. The molecule has 0 bridgehead atoms. The summed E-state index contributed by atoms with van der Waals surface area (Å²) in [5.74, 6) is -0.663. The van der Waals surface area contributed by atoms with Gasteiger partial charge in [-0.15, -0.1) is 0 Å². The number of ether oxygens (including phenoxy) is 1. The number of carbonyl (C=O) groups excluding carboxylic acids is 1. The molecule has 0 aliphatic rings. The Labute approximate surface area is 134 Å². The quantitative estimate of drug-likeness (QED) is 0.479. The number of nitro groups is 1. The minimum atomic E-state index is -0.641. The number of pyridine rings is 1. The molecule has 23 heavy (non-hydrogen) atoms. The first-order valence-electron chi connectivity index (χ1n) is 7.15. The highest BCUT2D eigenvalue weighted by Gasteiger charge is 2.18. The number of hydrogen-bond acceptors (Lipinski definition) is 5. The first-order chi connectivity index (χ1) is 10.8. The van der Waals surface area contributed by atoms with E-state index in [9.17, 15) is 14.9 Å². The van der Waals surface area contributed by atoms with Crippen LogP contribution in [0.25, 0.3) is 0 Å². The average Bonchev–Trinajstić information content (AvgIpc) is 2.52. The molecule has 6 nitrogen and oxygen atoms in total. The summed E-state index contributed by atoms with van der Waals surface area (Å²) < 4.78 is 5.26. The highest BCUT2D eigenvalue weighted by atomic mass is 16.6. The molecule has 120 valence electrons. The highest BCUT2D eigenvalue weighted by Crippen LogP contribution is 2.24. The van der Waals surface area contributed by atoms with Crippen LogP contribution in [0.2, 0.25) is 0 Å². The summed E-state index contributed by atoms with van der Waals surface area (Å²) in [7, 11) is 0. The zero-order valence-corrected chi connectivity index (χ0v) is 13.3. The number of rotatable bonds is 5. The second kappa shape index (κ2) is 6.56. The van der Waals surface area contributed by atoms with Gasteiger partial charge in [-0.1, -0.05) is 45.0 Å². The van der Waals surface area contributed by atoms with Gasteiger partial charge in [0.1, 0.15) is 6.20 Å². The number of carbonyl (C=O) groups is 1. The van der Waals surface area contributed by atoms with Crippen molar-refractivity contribution >= 4 is 11.6 Å². The smallest absolute Gasteiger partial charge is 0.406 e. The van der Waals surface area contributed by atoms with E-state index in [0.717, 1.165) is 5.56 Å². The minimum Gasteiger partial charge on any atom is -0.477 e. The fourth-order valence-corrected chi connectivity index (χ4v) is 2.01. The molecule has 0 atom stereocenters. The second-order valence-electron chi connectivity index (χ2n) is 6.12. The van der Waals surface area contributed by atoms with Crippen LogP contribution in [0.4, 0.5) is 5.82 Å². The molecule has 0 saturated heterocycles. The number of ketones is 1. The lowest BCUT2D eigenvalue weighted by molar-refractivity contribution is -0.390. The Morgan fingerprint density at radius 2 is 1.87 bits per heavy atom. The molecule has 0 spiro atoms. The predicted molar refractivity (Wildman–Crippen MR) is 85.9 cm³/mol. The number of Topliss-reactive ketones (excluding diaryl/α,β-unsaturated/α-hetero) is 1. The second-order valence-corrected chi connectivity index (χ2v) is 6.12. The number of benzene rings is 1. The zero-order valence-electron chi connectivity index (χ0n) is 13.3. The normalized spacial score (nSPS) is 11.1. The molecular formula is C17H18N2O4. The van der Waals surface area contributed by atoms with Crippen LogP contribution < -0.4 is 4.74 Å². The van der Waals surface area contributed by atoms with Crippen LogP contribution in [0.15, 0.2) is 42.6 Å². The Hall–Kier alpha value is -2.76. The Morgan fingerprint density at radius 3 is 2.43 bits per heavy atom. The van der Waals surface area contributed by atoms with Gasteiger partial charge >= 0.3 is 5.82 Å². The largest absolute Gasteiger partial charge is 0.477 e. The van der Waals surface area contributed by atoms with Gasteiger partial charge in [0.15, 0.2) is 12.4 Å². The molecule has 0 radical (unpaired) electrons. The van der Waals surface area contributed by atoms with E-state index >= 15 is 0 Å². The molecule has 0 amide bonds. The van der Waals surface area contributed by atoms with E-state index < -0.39 is 10.7 Å². The maximum Gasteiger partial charge on any atom is 0.406 e. The van der Waals surface area contributed by atoms with E-state index in [1.54, 1.807) is 12.1 Å². The monoisotopic (exact) mass is 314 g/mol. The third-order valence-corrected chi connectivity index (χ3v) is 3.36. The SMILES string of the molecule is CC(C)(C)c1ccc(C(=O)COc2cccnc2[N+](=O)[O-])cc1. The molecule has 0 saturated carbocycles. The summed E-state index contributed by atoms with van der Waals surface area (Å²) in [4.78, 5) is 26.0. The lowest BCUT2D eigenvalue weighted by atomic mass is 9.86. The first kappa shape index (κ1) is 16.6. The van der Waals surface area contributed by atoms with Gasteiger partial charge in [-0.2, -0.15) is 0 Å². The molecule has 0 N–H and O–H groups in total. The molecule has 0 fully saturated rings. The van der Waals surface area contributed by atoms with Crippen molar-refractivity contribution in [2.75, 3.05) is 6.61 Å². The van der Waals surface area contributed by atoms with Gasteiger partial charge in [-0.3, -0.25) is 4.79 Å². The van der Waals surface area contributed by atoms with Crippen molar-refractivity contribution in [2.45, 2.75) is 26.2 Å². The van der Waals surface area contributed by atoms with Crippen LogP contribution in [0.5, 0.6) is 5.75 Å². The van der Waals surface area contributed by atoms with E-state index in [1.165, 1.54) is 18.3 Å². The molecule has 1 heterocycles. The Bertz CT molecular complexity index is 718. The summed E-state index contributed by atoms with van der Waals surface area (Å²) >= 11 is 0. The molecule has 2 aromatic rings. The summed E-state index contributed by atoms with van der Waals surface area (Å²) in [6, 6.07) is 10.2. The minimum absolute atomic E-state index is 0.00833. The fraction of sp³-hybridized carbons (Fsp3) is 0.294. The van der Waals surface area contributed by atoms with Crippen LogP contribution >= 0.6 is 0 Å². The zero-order chi connectivity index (χ0) is 17.0. The number of hydrogen-bond donors (Lipinski definition) is 0. The molecule has 1 aromatic carbocycles. The van der Waals surface area contributed by atoms with Crippen molar-refractivity contribution in [3.63, 3.8) is 0 Å². The van der Waals surface area contributed by atoms with Crippen LogP contribution in [0.1, 0.15) is 36.7 Å². The third-order valence-electron chi connectivity index (χ3n) is 3.36. The Morgan fingerprint density at radius 1 is 1.22 bits per heavy atom. The maximum atomic E-state index is 12.1. The van der Waals surface area contributed by atoms with Crippen molar-refractivity contribution in [1.82, 2.24) is 4.98 Å². The summed E-state index contributed by atoms with van der Waals surface area (Å²) in [6.07, 6.45) is 1.30. The standard InChI is InChI=1S/C17H18N2O4/c1-17(2,3)13-8-6-12(7-9-13)14(20)11-23-15-5-4-10-18-16(15)19(21)22/h4-10H,11H2,1-3H3. The lowest BCUT2D eigenvalue weighted by Crippen LogP contribution is -2.14. The molecule has 1 aromatic heterocycles. The summed E-state index contributed by atoms with van der Waals surface area (Å²) in [6.45, 7) is 6.00. The Kier molecular flexibility index (Phi) is 4.74. The highest BCUT2D eigenvalue weighted by molar-refractivity contribution is 5.97. The van der Waals surface area contributed by atoms with Gasteiger partial charge in [0.05, 0.1) is 0 Å². The van der Waals surface area contributed by atoms with Crippen LogP contribution in [-0.2, 0) is 5.41 Å². The van der Waals surface area contributed by atoms with Crippen molar-refractivity contribution in [3.05, 3.63) is 63.8 Å². The summed E-state index contributed by atoms with van der Waals surface area (Å²) in [5.41, 5.74) is 1.64. The molecule has 0 aliphatic heterocycles. The average molecular weight is 314 g/mol. The van der Waals surface area contributed by atoms with Crippen LogP contribution in [0, 0.1) is 10.1 Å². The van der Waals surface area contributed by atoms with Crippen LogP contribution in [-0.4, -0.2) is 22.3 Å². The molecular weight excluding hydrogens is 296 g/mol. The lowest BCUT2D eigenvalue weighted by Gasteiger charge is -2.19. The van der Waals surface area contributed by atoms with Gasteiger partial charge < -0.3 is 14.9 Å². The van der Waals surface area contributed by atoms with Gasteiger partial charge in [-0.25, -0.2) is 0 Å². The van der Waals surface area contributed by atoms with E-state index in [2.05, 4.69) is 25.8 Å². The van der Waals surface area contributed by atoms with Crippen molar-refractivity contribution in [3.8, 4) is 5.75 Å². The van der Waals surface area contributed by atoms with Gasteiger partial charge in [0, 0.05) is 5.56 Å². The van der Waals surface area contributed by atoms with E-state index in [1.807, 2.05) is 12.1 Å². The number of nitrogens with zero attached hydrogens (tertiary/aromatic N) is 2. The van der Waals surface area contributed by atoms with Gasteiger partial charge in [-0.05, 0) is 33.0 Å². The van der Waals surface area contributed by atoms with Gasteiger partial charge in [0.25, 0.3) is 0 Å². The third kappa shape index (κ3) is 4.12. The fourth-order valence-electron chi connectivity index (χ4n) is 2.01. The number of aromatic nitrogens is 1. The van der Waals surface area contributed by atoms with Gasteiger partial charge in [0.2, 0.25) is 5.75 Å². The van der Waals surface area contributed by atoms with E-state index in [-0.39, 0.29) is 23.6 Å². The predicted octanol–water partition coefficient (Wildman–Crippen LogP) is 3.55. The molecule has 6 heteroatoms. The summed E-state index contributed by atoms with van der Waals surface area (Å²) in [5, 5.41) is 10.8.